The molecule has 0 spiro atoms. The molecule has 210 valence electrons. The van der Waals surface area contributed by atoms with Crippen molar-refractivity contribution in [3.63, 3.8) is 0 Å². The predicted octanol–water partition coefficient (Wildman–Crippen LogP) is 4.98. The third-order valence-electron chi connectivity index (χ3n) is 6.60. The van der Waals surface area contributed by atoms with Gasteiger partial charge < -0.3 is 14.0 Å². The first kappa shape index (κ1) is 27.9. The van der Waals surface area contributed by atoms with Gasteiger partial charge in [-0.05, 0) is 38.0 Å². The minimum atomic E-state index is -4.02. The topological polar surface area (TPSA) is 127 Å². The van der Waals surface area contributed by atoms with E-state index in [0.717, 1.165) is 16.8 Å². The Morgan fingerprint density at radius 3 is 2.60 bits per heavy atom. The van der Waals surface area contributed by atoms with Gasteiger partial charge in [-0.2, -0.15) is 5.09 Å². The molecule has 2 aromatic heterocycles. The summed E-state index contributed by atoms with van der Waals surface area (Å²) in [6, 6.07) is 17.0. The van der Waals surface area contributed by atoms with Crippen LogP contribution in [-0.2, 0) is 30.0 Å². The highest BCUT2D eigenvalue weighted by Gasteiger charge is 2.38. The molecular weight excluding hydrogens is 533 g/mol. The second-order valence-corrected chi connectivity index (χ2v) is 11.5. The lowest BCUT2D eigenvalue weighted by atomic mass is 10.1. The fourth-order valence-electron chi connectivity index (χ4n) is 4.56. The zero-order chi connectivity index (χ0) is 28.1. The first-order chi connectivity index (χ1) is 19.3. The maximum atomic E-state index is 13.9. The molecule has 4 aromatic rings. The third-order valence-corrected chi connectivity index (χ3v) is 8.24. The number of esters is 1. The molecule has 0 amide bonds. The monoisotopic (exact) mass is 565 g/mol. The van der Waals surface area contributed by atoms with E-state index in [1.807, 2.05) is 47.9 Å². The lowest BCUT2D eigenvalue weighted by Gasteiger charge is -2.24. The van der Waals surface area contributed by atoms with Gasteiger partial charge in [0.05, 0.1) is 24.7 Å². The highest BCUT2D eigenvalue weighted by molar-refractivity contribution is 7.52. The third kappa shape index (κ3) is 6.56. The van der Waals surface area contributed by atoms with Gasteiger partial charge in [0.25, 0.3) is 0 Å². The Hall–Kier alpha value is -3.63. The van der Waals surface area contributed by atoms with Crippen LogP contribution in [0.4, 0.5) is 0 Å². The number of fused-ring (bicyclic) bond motifs is 1. The van der Waals surface area contributed by atoms with Crippen molar-refractivity contribution in [2.45, 2.75) is 52.2 Å². The van der Waals surface area contributed by atoms with Crippen molar-refractivity contribution in [2.75, 3.05) is 6.61 Å². The van der Waals surface area contributed by atoms with Crippen LogP contribution in [0.5, 0.6) is 5.75 Å². The van der Waals surface area contributed by atoms with Gasteiger partial charge in [0, 0.05) is 5.92 Å². The minimum Gasteiger partial charge on any atom is -0.460 e. The maximum absolute atomic E-state index is 13.9. The Labute approximate surface area is 232 Å². The van der Waals surface area contributed by atoms with Crippen LogP contribution in [0.2, 0.25) is 0 Å². The predicted molar refractivity (Wildman–Crippen MR) is 147 cm³/mol. The SMILES string of the molecule is Cc1ncnc2c1ncn2[C@@H]1O[C@H](COP(=O)(N[C@@H](C)C(=O)OCc2ccccc2)Oc2ccccc2)C[C@@H]1C. The molecule has 40 heavy (non-hydrogen) atoms. The van der Waals surface area contributed by atoms with Crippen LogP contribution < -0.4 is 9.61 Å². The number of nitrogens with one attached hydrogen (secondary N) is 1. The number of rotatable bonds is 11. The second-order valence-electron chi connectivity index (χ2n) is 9.79. The zero-order valence-electron chi connectivity index (χ0n) is 22.5. The van der Waals surface area contributed by atoms with Crippen molar-refractivity contribution in [1.82, 2.24) is 24.6 Å². The van der Waals surface area contributed by atoms with Crippen LogP contribution >= 0.6 is 7.75 Å². The molecule has 5 rings (SSSR count). The zero-order valence-corrected chi connectivity index (χ0v) is 23.4. The molecule has 2 aromatic carbocycles. The standard InChI is InChI=1S/C28H32N5O6P/c1-19-14-24(38-27(19)33-18-31-25-20(2)29-17-30-26(25)33)16-37-40(35,39-23-12-8-5-9-13-23)32-21(3)28(34)36-15-22-10-6-4-7-11-22/h4-13,17-19,21,24,27H,14-16H2,1-3H3,(H,32,35)/t19-,21-,24-,27+,40?/m0/s1. The molecule has 1 N–H and O–H groups in total. The Kier molecular flexibility index (Phi) is 8.56. The summed E-state index contributed by atoms with van der Waals surface area (Å²) in [5.74, 6) is -0.142. The van der Waals surface area contributed by atoms with Crippen LogP contribution in [0.15, 0.2) is 73.3 Å². The fraction of sp³-hybridized carbons (Fsp3) is 0.357. The lowest BCUT2D eigenvalue weighted by Crippen LogP contribution is -2.35. The average Bonchev–Trinajstić information content (AvgIpc) is 3.55. The van der Waals surface area contributed by atoms with Gasteiger partial charge in [-0.25, -0.2) is 19.5 Å². The molecule has 0 saturated carbocycles. The minimum absolute atomic E-state index is 0.0234. The van der Waals surface area contributed by atoms with Gasteiger partial charge in [0.1, 0.15) is 36.5 Å². The molecule has 0 radical (unpaired) electrons. The Morgan fingerprint density at radius 2 is 1.85 bits per heavy atom. The molecule has 11 nitrogen and oxygen atoms in total. The number of nitrogens with zero attached hydrogens (tertiary/aromatic N) is 4. The van der Waals surface area contributed by atoms with E-state index < -0.39 is 19.8 Å². The summed E-state index contributed by atoms with van der Waals surface area (Å²) in [4.78, 5) is 25.7. The number of aromatic nitrogens is 4. The normalized spacial score (nSPS) is 21.1. The molecule has 0 aliphatic carbocycles. The summed E-state index contributed by atoms with van der Waals surface area (Å²) in [7, 11) is -4.02. The molecule has 1 aliphatic heterocycles. The van der Waals surface area contributed by atoms with Crippen molar-refractivity contribution >= 4 is 24.9 Å². The Morgan fingerprint density at radius 1 is 1.12 bits per heavy atom. The molecular formula is C28H32N5O6P. The number of carbonyl (C=O) groups excluding carboxylic acids is 1. The summed E-state index contributed by atoms with van der Waals surface area (Å²) in [5.41, 5.74) is 3.04. The molecule has 1 saturated heterocycles. The molecule has 1 unspecified atom stereocenters. The molecule has 0 bridgehead atoms. The molecule has 1 aliphatic rings. The van der Waals surface area contributed by atoms with Crippen molar-refractivity contribution in [3.8, 4) is 5.75 Å². The van der Waals surface area contributed by atoms with E-state index in [2.05, 4.69) is 27.0 Å². The number of ether oxygens (including phenoxy) is 2. The van der Waals surface area contributed by atoms with E-state index in [1.54, 1.807) is 37.5 Å². The molecule has 3 heterocycles. The molecule has 1 fully saturated rings. The smallest absolute Gasteiger partial charge is 0.459 e. The summed E-state index contributed by atoms with van der Waals surface area (Å²) in [6.45, 7) is 5.57. The van der Waals surface area contributed by atoms with Gasteiger partial charge in [-0.15, -0.1) is 0 Å². The number of hydrogen-bond donors (Lipinski definition) is 1. The summed E-state index contributed by atoms with van der Waals surface area (Å²) >= 11 is 0. The second kappa shape index (κ2) is 12.3. The van der Waals surface area contributed by atoms with E-state index in [4.69, 9.17) is 18.5 Å². The quantitative estimate of drug-likeness (QED) is 0.196. The van der Waals surface area contributed by atoms with Gasteiger partial charge in [0.2, 0.25) is 0 Å². The van der Waals surface area contributed by atoms with Crippen LogP contribution in [0, 0.1) is 12.8 Å². The number of carbonyl (C=O) groups is 1. The average molecular weight is 566 g/mol. The number of para-hydroxylation sites is 1. The lowest BCUT2D eigenvalue weighted by molar-refractivity contribution is -0.146. The van der Waals surface area contributed by atoms with Gasteiger partial charge in [-0.1, -0.05) is 55.5 Å². The maximum Gasteiger partial charge on any atom is 0.459 e. The van der Waals surface area contributed by atoms with Crippen molar-refractivity contribution in [1.29, 1.82) is 0 Å². The summed E-state index contributed by atoms with van der Waals surface area (Å²) in [5, 5.41) is 2.73. The van der Waals surface area contributed by atoms with E-state index >= 15 is 0 Å². The molecule has 12 heteroatoms. The summed E-state index contributed by atoms with van der Waals surface area (Å²) < 4.78 is 39.1. The van der Waals surface area contributed by atoms with Gasteiger partial charge in [-0.3, -0.25) is 13.9 Å². The first-order valence-corrected chi connectivity index (χ1v) is 14.6. The van der Waals surface area contributed by atoms with Gasteiger partial charge in [0.15, 0.2) is 5.65 Å². The number of hydrogen-bond acceptors (Lipinski definition) is 9. The Balaban J connectivity index is 1.25. The highest BCUT2D eigenvalue weighted by Crippen LogP contribution is 2.46. The highest BCUT2D eigenvalue weighted by atomic mass is 31.2. The Bertz CT molecular complexity index is 1480. The van der Waals surface area contributed by atoms with Crippen molar-refractivity contribution in [2.24, 2.45) is 5.92 Å². The van der Waals surface area contributed by atoms with Crippen molar-refractivity contribution in [3.05, 3.63) is 84.6 Å². The number of imidazole rings is 1. The van der Waals surface area contributed by atoms with E-state index in [9.17, 15) is 9.36 Å². The van der Waals surface area contributed by atoms with E-state index in [0.29, 0.717) is 17.8 Å². The van der Waals surface area contributed by atoms with E-state index in [1.165, 1.54) is 6.33 Å². The number of aryl methyl sites for hydroxylation is 1. The first-order valence-electron chi connectivity index (χ1n) is 13.1. The largest absolute Gasteiger partial charge is 0.460 e. The van der Waals surface area contributed by atoms with Crippen LogP contribution in [0.1, 0.15) is 37.8 Å². The van der Waals surface area contributed by atoms with Crippen LogP contribution in [0.25, 0.3) is 11.2 Å². The van der Waals surface area contributed by atoms with Gasteiger partial charge >= 0.3 is 13.7 Å². The van der Waals surface area contributed by atoms with Crippen LogP contribution in [-0.4, -0.2) is 44.2 Å². The fourth-order valence-corrected chi connectivity index (χ4v) is 6.08. The van der Waals surface area contributed by atoms with Crippen molar-refractivity contribution < 1.29 is 27.9 Å². The summed E-state index contributed by atoms with van der Waals surface area (Å²) in [6.07, 6.45) is 3.14. The van der Waals surface area contributed by atoms with E-state index in [-0.39, 0.29) is 31.5 Å². The molecule has 5 atom stereocenters. The van der Waals surface area contributed by atoms with Crippen LogP contribution in [0.3, 0.4) is 0 Å². The number of benzene rings is 2.